The molecule has 0 amide bonds. The standard InChI is InChI=1S/C54H36N2S/c1-2-12-37(13-3-1)39-26-30-42(31-27-39)55(44-34-35-54-49(36-44)48-17-7-11-21-53(48)57-54)43-32-28-40(29-33-43)38-22-24-41(25-23-38)45-14-4-8-18-50(45)56-51-19-9-5-15-46(51)47-16-6-10-20-52(47)56/h1-36H. The highest BCUT2D eigenvalue weighted by Gasteiger charge is 2.17. The summed E-state index contributed by atoms with van der Waals surface area (Å²) in [6.07, 6.45) is 0. The average molecular weight is 745 g/mol. The van der Waals surface area contributed by atoms with Gasteiger partial charge in [-0.15, -0.1) is 11.3 Å². The molecule has 0 spiro atoms. The quantitative estimate of drug-likeness (QED) is 0.158. The first-order valence-corrected chi connectivity index (χ1v) is 20.2. The van der Waals surface area contributed by atoms with Gasteiger partial charge >= 0.3 is 0 Å². The fraction of sp³-hybridized carbons (Fsp3) is 0. The number of benzene rings is 9. The van der Waals surface area contributed by atoms with Crippen LogP contribution in [-0.2, 0) is 0 Å². The molecule has 57 heavy (non-hydrogen) atoms. The van der Waals surface area contributed by atoms with Gasteiger partial charge in [-0.1, -0.05) is 152 Å². The molecule has 0 bridgehead atoms. The zero-order chi connectivity index (χ0) is 37.7. The van der Waals surface area contributed by atoms with Crippen molar-refractivity contribution in [2.45, 2.75) is 0 Å². The maximum absolute atomic E-state index is 2.41. The van der Waals surface area contributed by atoms with E-state index in [1.165, 1.54) is 81.0 Å². The first-order chi connectivity index (χ1) is 28.3. The van der Waals surface area contributed by atoms with E-state index < -0.39 is 0 Å². The van der Waals surface area contributed by atoms with Gasteiger partial charge < -0.3 is 9.47 Å². The number of aromatic nitrogens is 1. The molecule has 9 aromatic carbocycles. The molecule has 2 aromatic heterocycles. The Morgan fingerprint density at radius 1 is 0.316 bits per heavy atom. The lowest BCUT2D eigenvalue weighted by Gasteiger charge is -2.26. The molecule has 0 saturated carbocycles. The van der Waals surface area contributed by atoms with E-state index in [2.05, 4.69) is 228 Å². The lowest BCUT2D eigenvalue weighted by Crippen LogP contribution is -2.09. The highest BCUT2D eigenvalue weighted by atomic mass is 32.1. The highest BCUT2D eigenvalue weighted by Crippen LogP contribution is 2.42. The summed E-state index contributed by atoms with van der Waals surface area (Å²) in [5.74, 6) is 0. The number of anilines is 3. The molecule has 2 nitrogen and oxygen atoms in total. The number of rotatable bonds is 7. The van der Waals surface area contributed by atoms with E-state index in [4.69, 9.17) is 0 Å². The van der Waals surface area contributed by atoms with Crippen molar-refractivity contribution >= 4 is 70.4 Å². The summed E-state index contributed by atoms with van der Waals surface area (Å²) in [5, 5.41) is 5.13. The molecule has 0 aliphatic rings. The molecule has 0 N–H and O–H groups in total. The number of nitrogens with zero attached hydrogens (tertiary/aromatic N) is 2. The lowest BCUT2D eigenvalue weighted by atomic mass is 9.98. The molecule has 0 radical (unpaired) electrons. The van der Waals surface area contributed by atoms with E-state index in [-0.39, 0.29) is 0 Å². The number of fused-ring (bicyclic) bond motifs is 6. The second-order valence-electron chi connectivity index (χ2n) is 14.5. The topological polar surface area (TPSA) is 8.17 Å². The molecule has 0 unspecified atom stereocenters. The summed E-state index contributed by atoms with van der Waals surface area (Å²) in [6, 6.07) is 79.3. The molecule has 0 fully saturated rings. The fourth-order valence-electron chi connectivity index (χ4n) is 8.47. The van der Waals surface area contributed by atoms with Crippen LogP contribution in [0.2, 0.25) is 0 Å². The number of hydrogen-bond acceptors (Lipinski definition) is 2. The Bertz CT molecular complexity index is 3160. The monoisotopic (exact) mass is 744 g/mol. The molecule has 11 rings (SSSR count). The summed E-state index contributed by atoms with van der Waals surface area (Å²) in [5.41, 5.74) is 14.2. The Kier molecular flexibility index (Phi) is 8.04. The summed E-state index contributed by atoms with van der Waals surface area (Å²) in [6.45, 7) is 0. The van der Waals surface area contributed by atoms with Gasteiger partial charge in [-0.05, 0) is 94.5 Å². The smallest absolute Gasteiger partial charge is 0.0541 e. The van der Waals surface area contributed by atoms with Gasteiger partial charge in [0, 0.05) is 53.6 Å². The molecule has 0 aliphatic heterocycles. The zero-order valence-electron chi connectivity index (χ0n) is 31.1. The van der Waals surface area contributed by atoms with Gasteiger partial charge in [0.25, 0.3) is 0 Å². The first kappa shape index (κ1) is 33.2. The molecule has 2 heterocycles. The maximum atomic E-state index is 2.41. The average Bonchev–Trinajstić information content (AvgIpc) is 3.83. The predicted octanol–water partition coefficient (Wildman–Crippen LogP) is 15.6. The minimum atomic E-state index is 1.11. The van der Waals surface area contributed by atoms with Crippen molar-refractivity contribution in [1.29, 1.82) is 0 Å². The molecular formula is C54H36N2S. The number of thiophene rings is 1. The van der Waals surface area contributed by atoms with E-state index in [1.54, 1.807) is 0 Å². The van der Waals surface area contributed by atoms with Crippen LogP contribution in [0.5, 0.6) is 0 Å². The van der Waals surface area contributed by atoms with Crippen molar-refractivity contribution < 1.29 is 0 Å². The molecule has 268 valence electrons. The van der Waals surface area contributed by atoms with E-state index >= 15 is 0 Å². The molecule has 3 heteroatoms. The predicted molar refractivity (Wildman–Crippen MR) is 245 cm³/mol. The lowest BCUT2D eigenvalue weighted by molar-refractivity contribution is 1.18. The van der Waals surface area contributed by atoms with Crippen LogP contribution in [0.15, 0.2) is 218 Å². The van der Waals surface area contributed by atoms with Crippen molar-refractivity contribution in [1.82, 2.24) is 4.57 Å². The van der Waals surface area contributed by atoms with Crippen molar-refractivity contribution in [2.75, 3.05) is 4.90 Å². The van der Waals surface area contributed by atoms with Crippen LogP contribution in [0.4, 0.5) is 17.1 Å². The zero-order valence-corrected chi connectivity index (χ0v) is 31.9. The van der Waals surface area contributed by atoms with Crippen LogP contribution < -0.4 is 4.90 Å². The number of para-hydroxylation sites is 3. The SMILES string of the molecule is c1ccc(-c2ccc(N(c3ccc(-c4ccc(-c5ccccc5-n5c6ccccc6c6ccccc65)cc4)cc3)c3ccc4sc5ccccc5c4c3)cc2)cc1. The van der Waals surface area contributed by atoms with Crippen LogP contribution in [0.3, 0.4) is 0 Å². The van der Waals surface area contributed by atoms with Crippen LogP contribution >= 0.6 is 11.3 Å². The van der Waals surface area contributed by atoms with E-state index in [9.17, 15) is 0 Å². The molecule has 0 saturated heterocycles. The summed E-state index contributed by atoms with van der Waals surface area (Å²) in [7, 11) is 0. The van der Waals surface area contributed by atoms with Crippen LogP contribution in [-0.4, -0.2) is 4.57 Å². The van der Waals surface area contributed by atoms with Gasteiger partial charge in [0.15, 0.2) is 0 Å². The first-order valence-electron chi connectivity index (χ1n) is 19.4. The van der Waals surface area contributed by atoms with Crippen molar-refractivity contribution in [3.8, 4) is 39.1 Å². The minimum Gasteiger partial charge on any atom is -0.310 e. The molecule has 11 aromatic rings. The third-order valence-corrected chi connectivity index (χ3v) is 12.4. The Labute approximate surface area is 335 Å². The van der Waals surface area contributed by atoms with Crippen molar-refractivity contribution in [3.63, 3.8) is 0 Å². The normalized spacial score (nSPS) is 11.5. The van der Waals surface area contributed by atoms with Gasteiger partial charge in [-0.2, -0.15) is 0 Å². The Morgan fingerprint density at radius 2 is 0.772 bits per heavy atom. The minimum absolute atomic E-state index is 1.11. The van der Waals surface area contributed by atoms with Crippen molar-refractivity contribution in [3.05, 3.63) is 218 Å². The summed E-state index contributed by atoms with van der Waals surface area (Å²) in [4.78, 5) is 2.37. The second-order valence-corrected chi connectivity index (χ2v) is 15.6. The number of hydrogen-bond donors (Lipinski definition) is 0. The van der Waals surface area contributed by atoms with Gasteiger partial charge in [0.1, 0.15) is 0 Å². The van der Waals surface area contributed by atoms with Crippen LogP contribution in [0.1, 0.15) is 0 Å². The van der Waals surface area contributed by atoms with Crippen molar-refractivity contribution in [2.24, 2.45) is 0 Å². The Morgan fingerprint density at radius 3 is 1.42 bits per heavy atom. The third kappa shape index (κ3) is 5.80. The molecular weight excluding hydrogens is 709 g/mol. The Balaban J connectivity index is 0.953. The highest BCUT2D eigenvalue weighted by molar-refractivity contribution is 7.25. The fourth-order valence-corrected chi connectivity index (χ4v) is 9.56. The third-order valence-electron chi connectivity index (χ3n) is 11.2. The van der Waals surface area contributed by atoms with E-state index in [0.29, 0.717) is 0 Å². The van der Waals surface area contributed by atoms with Crippen LogP contribution in [0, 0.1) is 0 Å². The summed E-state index contributed by atoms with van der Waals surface area (Å²) >= 11 is 1.85. The Hall–Kier alpha value is -7.20. The maximum Gasteiger partial charge on any atom is 0.0541 e. The molecule has 0 aliphatic carbocycles. The molecule has 0 atom stereocenters. The van der Waals surface area contributed by atoms with E-state index in [1.807, 2.05) is 11.3 Å². The van der Waals surface area contributed by atoms with E-state index in [0.717, 1.165) is 17.1 Å². The van der Waals surface area contributed by atoms with Gasteiger partial charge in [-0.3, -0.25) is 0 Å². The van der Waals surface area contributed by atoms with Gasteiger partial charge in [0.2, 0.25) is 0 Å². The van der Waals surface area contributed by atoms with Gasteiger partial charge in [0.05, 0.1) is 16.7 Å². The van der Waals surface area contributed by atoms with Crippen LogP contribution in [0.25, 0.3) is 81.0 Å². The second kappa shape index (κ2) is 13.8. The summed E-state index contributed by atoms with van der Waals surface area (Å²) < 4.78 is 5.02. The largest absolute Gasteiger partial charge is 0.310 e. The van der Waals surface area contributed by atoms with Gasteiger partial charge in [-0.25, -0.2) is 0 Å².